The van der Waals surface area contributed by atoms with Gasteiger partial charge in [0.1, 0.15) is 5.75 Å². The Bertz CT molecular complexity index is 1090. The zero-order chi connectivity index (χ0) is 21.2. The Morgan fingerprint density at radius 2 is 1.61 bits per heavy atom. The zero-order valence-corrected chi connectivity index (χ0v) is 18.1. The van der Waals surface area contributed by atoms with Crippen LogP contribution in [0, 0.1) is 0 Å². The quantitative estimate of drug-likeness (QED) is 0.460. The first-order chi connectivity index (χ1) is 15.2. The second-order valence-electron chi connectivity index (χ2n) is 8.22. The molecule has 4 nitrogen and oxygen atoms in total. The van der Waals surface area contributed by atoms with Crippen molar-refractivity contribution in [1.82, 2.24) is 9.80 Å². The molecule has 1 heterocycles. The summed E-state index contributed by atoms with van der Waals surface area (Å²) in [6, 6.07) is 22.6. The molecule has 0 unspecified atom stereocenters. The minimum absolute atomic E-state index is 0.0509. The highest BCUT2D eigenvalue weighted by molar-refractivity contribution is 6.30. The van der Waals surface area contributed by atoms with Gasteiger partial charge in [0, 0.05) is 37.7 Å². The molecule has 3 aromatic carbocycles. The minimum atomic E-state index is 0.0509. The summed E-state index contributed by atoms with van der Waals surface area (Å²) in [7, 11) is 0. The molecular weight excluding hydrogens is 408 g/mol. The van der Waals surface area contributed by atoms with Crippen molar-refractivity contribution in [1.29, 1.82) is 0 Å². The van der Waals surface area contributed by atoms with Gasteiger partial charge in [-0.05, 0) is 58.5 Å². The van der Waals surface area contributed by atoms with Crippen molar-refractivity contribution in [2.24, 2.45) is 0 Å². The van der Waals surface area contributed by atoms with E-state index < -0.39 is 0 Å². The van der Waals surface area contributed by atoms with Gasteiger partial charge < -0.3 is 9.64 Å². The van der Waals surface area contributed by atoms with E-state index in [1.165, 1.54) is 27.8 Å². The Kier molecular flexibility index (Phi) is 5.66. The molecule has 0 saturated carbocycles. The van der Waals surface area contributed by atoms with Gasteiger partial charge in [0.2, 0.25) is 0 Å². The van der Waals surface area contributed by atoms with Crippen molar-refractivity contribution < 1.29 is 9.53 Å². The number of ether oxygens (including phenoxy) is 1. The molecule has 0 spiro atoms. The minimum Gasteiger partial charge on any atom is -0.484 e. The predicted molar refractivity (Wildman–Crippen MR) is 123 cm³/mol. The van der Waals surface area contributed by atoms with E-state index in [1.807, 2.05) is 23.1 Å². The highest BCUT2D eigenvalue weighted by Crippen LogP contribution is 2.38. The monoisotopic (exact) mass is 432 g/mol. The van der Waals surface area contributed by atoms with Crippen LogP contribution in [0.2, 0.25) is 5.02 Å². The highest BCUT2D eigenvalue weighted by atomic mass is 35.5. The number of carbonyl (C=O) groups is 1. The molecule has 5 heteroatoms. The van der Waals surface area contributed by atoms with Crippen LogP contribution in [0.1, 0.15) is 16.7 Å². The van der Waals surface area contributed by atoms with E-state index in [4.69, 9.17) is 16.3 Å². The molecular formula is C26H25ClN2O2. The van der Waals surface area contributed by atoms with E-state index in [9.17, 15) is 4.79 Å². The molecule has 2 aliphatic rings. The van der Waals surface area contributed by atoms with Crippen LogP contribution in [0.4, 0.5) is 0 Å². The van der Waals surface area contributed by atoms with Crippen molar-refractivity contribution in [3.8, 4) is 16.9 Å². The fourth-order valence-corrected chi connectivity index (χ4v) is 4.58. The fraction of sp³-hybridized carbons (Fsp3) is 0.269. The third-order valence-electron chi connectivity index (χ3n) is 6.17. The number of halogens is 1. The highest BCUT2D eigenvalue weighted by Gasteiger charge is 2.22. The van der Waals surface area contributed by atoms with Gasteiger partial charge in [-0.2, -0.15) is 0 Å². The average molecular weight is 433 g/mol. The molecule has 0 radical (unpaired) electrons. The van der Waals surface area contributed by atoms with Crippen LogP contribution in [0.3, 0.4) is 0 Å². The standard InChI is InChI=1S/C26H25ClN2O2/c27-22-7-5-19(6-8-22)17-28-11-13-29(14-12-28)26(30)18-31-23-9-10-25-21(16-23)15-20-3-1-2-4-24(20)25/h1-10,16H,11-15,17-18H2. The van der Waals surface area contributed by atoms with Crippen molar-refractivity contribution in [2.75, 3.05) is 32.8 Å². The molecule has 31 heavy (non-hydrogen) atoms. The van der Waals surface area contributed by atoms with Crippen molar-refractivity contribution in [3.05, 3.63) is 88.4 Å². The van der Waals surface area contributed by atoms with Crippen LogP contribution in [-0.4, -0.2) is 48.5 Å². The smallest absolute Gasteiger partial charge is 0.260 e. The number of benzene rings is 3. The lowest BCUT2D eigenvalue weighted by atomic mass is 10.1. The summed E-state index contributed by atoms with van der Waals surface area (Å²) in [4.78, 5) is 16.9. The maximum Gasteiger partial charge on any atom is 0.260 e. The number of carbonyl (C=O) groups excluding carboxylic acids is 1. The predicted octanol–water partition coefficient (Wildman–Crippen LogP) is 4.63. The summed E-state index contributed by atoms with van der Waals surface area (Å²) in [5.41, 5.74) is 6.43. The Morgan fingerprint density at radius 1 is 0.871 bits per heavy atom. The first-order valence-electron chi connectivity index (χ1n) is 10.7. The molecule has 1 amide bonds. The first-order valence-corrected chi connectivity index (χ1v) is 11.1. The lowest BCUT2D eigenvalue weighted by molar-refractivity contribution is -0.135. The van der Waals surface area contributed by atoms with Gasteiger partial charge in [0.15, 0.2) is 6.61 Å². The first kappa shape index (κ1) is 20.1. The number of hydrogen-bond acceptors (Lipinski definition) is 3. The molecule has 158 valence electrons. The second kappa shape index (κ2) is 8.74. The third-order valence-corrected chi connectivity index (χ3v) is 6.42. The summed E-state index contributed by atoms with van der Waals surface area (Å²) in [6.45, 7) is 4.16. The molecule has 1 fully saturated rings. The van der Waals surface area contributed by atoms with E-state index in [-0.39, 0.29) is 12.5 Å². The largest absolute Gasteiger partial charge is 0.484 e. The molecule has 1 aliphatic carbocycles. The molecule has 1 saturated heterocycles. The van der Waals surface area contributed by atoms with Gasteiger partial charge in [-0.15, -0.1) is 0 Å². The summed E-state index contributed by atoms with van der Waals surface area (Å²) in [6.07, 6.45) is 0.923. The second-order valence-corrected chi connectivity index (χ2v) is 8.66. The van der Waals surface area contributed by atoms with Gasteiger partial charge in [-0.3, -0.25) is 9.69 Å². The molecule has 1 aliphatic heterocycles. The molecule has 5 rings (SSSR count). The van der Waals surface area contributed by atoms with Crippen LogP contribution >= 0.6 is 11.6 Å². The van der Waals surface area contributed by atoms with Gasteiger partial charge in [0.25, 0.3) is 5.91 Å². The number of amides is 1. The van der Waals surface area contributed by atoms with Crippen molar-refractivity contribution in [3.63, 3.8) is 0 Å². The maximum absolute atomic E-state index is 12.7. The van der Waals surface area contributed by atoms with E-state index in [0.29, 0.717) is 0 Å². The summed E-state index contributed by atoms with van der Waals surface area (Å²) in [5, 5.41) is 0.757. The lowest BCUT2D eigenvalue weighted by Crippen LogP contribution is -2.49. The van der Waals surface area contributed by atoms with E-state index >= 15 is 0 Å². The van der Waals surface area contributed by atoms with Crippen LogP contribution in [0.15, 0.2) is 66.7 Å². The van der Waals surface area contributed by atoms with Gasteiger partial charge >= 0.3 is 0 Å². The number of fused-ring (bicyclic) bond motifs is 3. The van der Waals surface area contributed by atoms with E-state index in [0.717, 1.165) is 49.9 Å². The maximum atomic E-state index is 12.7. The fourth-order valence-electron chi connectivity index (χ4n) is 4.45. The van der Waals surface area contributed by atoms with Crippen LogP contribution in [0.25, 0.3) is 11.1 Å². The number of rotatable bonds is 5. The molecule has 0 N–H and O–H groups in total. The van der Waals surface area contributed by atoms with E-state index in [2.05, 4.69) is 53.4 Å². The zero-order valence-electron chi connectivity index (χ0n) is 17.4. The van der Waals surface area contributed by atoms with Gasteiger partial charge in [-0.25, -0.2) is 0 Å². The van der Waals surface area contributed by atoms with E-state index in [1.54, 1.807) is 0 Å². The Morgan fingerprint density at radius 3 is 2.42 bits per heavy atom. The third kappa shape index (κ3) is 4.46. The van der Waals surface area contributed by atoms with Crippen LogP contribution in [0.5, 0.6) is 5.75 Å². The SMILES string of the molecule is O=C(COc1ccc2c(c1)Cc1ccccc1-2)N1CCN(Cc2ccc(Cl)cc2)CC1. The Balaban J connectivity index is 1.12. The summed E-state index contributed by atoms with van der Waals surface area (Å²) < 4.78 is 5.86. The summed E-state index contributed by atoms with van der Waals surface area (Å²) >= 11 is 5.96. The molecule has 0 aromatic heterocycles. The summed E-state index contributed by atoms with van der Waals surface area (Å²) in [5.74, 6) is 0.816. The normalized spacial score (nSPS) is 15.5. The Hall–Kier alpha value is -2.82. The van der Waals surface area contributed by atoms with Crippen LogP contribution < -0.4 is 4.74 Å². The Labute approximate surface area is 188 Å². The number of piperazine rings is 1. The average Bonchev–Trinajstić information content (AvgIpc) is 3.17. The lowest BCUT2D eigenvalue weighted by Gasteiger charge is -2.34. The van der Waals surface area contributed by atoms with Gasteiger partial charge in [0.05, 0.1) is 0 Å². The topological polar surface area (TPSA) is 32.8 Å². The van der Waals surface area contributed by atoms with Crippen LogP contribution in [-0.2, 0) is 17.8 Å². The molecule has 3 aromatic rings. The number of nitrogens with zero attached hydrogens (tertiary/aromatic N) is 2. The van der Waals surface area contributed by atoms with Crippen molar-refractivity contribution in [2.45, 2.75) is 13.0 Å². The number of hydrogen-bond donors (Lipinski definition) is 0. The molecule has 0 atom stereocenters. The molecule has 0 bridgehead atoms. The van der Waals surface area contributed by atoms with Crippen molar-refractivity contribution >= 4 is 17.5 Å². The van der Waals surface area contributed by atoms with Gasteiger partial charge in [-0.1, -0.05) is 54.1 Å².